The number of aromatic nitrogens is 2. The van der Waals surface area contributed by atoms with Gasteiger partial charge in [-0.2, -0.15) is 5.10 Å². The summed E-state index contributed by atoms with van der Waals surface area (Å²) in [5, 5.41) is 5.44. The number of halogens is 2. The van der Waals surface area contributed by atoms with Crippen molar-refractivity contribution in [2.75, 3.05) is 31.1 Å². The standard InChI is InChI=1S/C25H25Cl2N5O/c1-16-3-6-19(7-4-16)30-11-13-31(14-12-30)25(33)23-17(2)29-22-9-10-28-32(22)24(23)18-5-8-20(26)21(27)15-18/h3-10,15,23-24H,11-14H2,1-2H3. The van der Waals surface area contributed by atoms with E-state index in [0.29, 0.717) is 23.1 Å². The Morgan fingerprint density at radius 3 is 2.36 bits per heavy atom. The van der Waals surface area contributed by atoms with Crippen molar-refractivity contribution in [1.29, 1.82) is 0 Å². The Morgan fingerprint density at radius 1 is 0.939 bits per heavy atom. The summed E-state index contributed by atoms with van der Waals surface area (Å²) in [7, 11) is 0. The fourth-order valence-corrected chi connectivity index (χ4v) is 5.02. The highest BCUT2D eigenvalue weighted by Crippen LogP contribution is 2.39. The molecule has 1 fully saturated rings. The van der Waals surface area contributed by atoms with Gasteiger partial charge in [0, 0.05) is 43.6 Å². The molecule has 170 valence electrons. The van der Waals surface area contributed by atoms with Crippen molar-refractivity contribution in [2.45, 2.75) is 19.9 Å². The number of aliphatic imine (C=N–C) groups is 1. The maximum absolute atomic E-state index is 13.8. The van der Waals surface area contributed by atoms with Crippen LogP contribution in [0.25, 0.3) is 0 Å². The molecule has 3 heterocycles. The van der Waals surface area contributed by atoms with Crippen molar-refractivity contribution < 1.29 is 4.79 Å². The molecule has 1 amide bonds. The Balaban J connectivity index is 1.41. The predicted molar refractivity (Wildman–Crippen MR) is 133 cm³/mol. The van der Waals surface area contributed by atoms with Crippen LogP contribution in [0, 0.1) is 12.8 Å². The van der Waals surface area contributed by atoms with E-state index in [0.717, 1.165) is 30.2 Å². The smallest absolute Gasteiger partial charge is 0.234 e. The van der Waals surface area contributed by atoms with Gasteiger partial charge in [0.15, 0.2) is 5.82 Å². The summed E-state index contributed by atoms with van der Waals surface area (Å²) in [6, 6.07) is 15.6. The number of anilines is 1. The highest BCUT2D eigenvalue weighted by Gasteiger charge is 2.40. The number of carbonyl (C=O) groups is 1. The lowest BCUT2D eigenvalue weighted by molar-refractivity contribution is -0.134. The Kier molecular flexibility index (Phi) is 5.89. The Labute approximate surface area is 203 Å². The molecule has 0 radical (unpaired) electrons. The van der Waals surface area contributed by atoms with Crippen LogP contribution in [-0.2, 0) is 4.79 Å². The van der Waals surface area contributed by atoms with E-state index in [1.807, 2.05) is 34.7 Å². The quantitative estimate of drug-likeness (QED) is 0.519. The van der Waals surface area contributed by atoms with Crippen LogP contribution in [-0.4, -0.2) is 52.5 Å². The molecule has 3 aromatic rings. The van der Waals surface area contributed by atoms with Crippen molar-refractivity contribution in [2.24, 2.45) is 10.9 Å². The molecule has 33 heavy (non-hydrogen) atoms. The molecule has 2 unspecified atom stereocenters. The van der Waals surface area contributed by atoms with E-state index in [-0.39, 0.29) is 11.9 Å². The summed E-state index contributed by atoms with van der Waals surface area (Å²) in [6.07, 6.45) is 1.71. The zero-order valence-corrected chi connectivity index (χ0v) is 20.1. The number of amides is 1. The van der Waals surface area contributed by atoms with Gasteiger partial charge in [-0.25, -0.2) is 9.67 Å². The van der Waals surface area contributed by atoms with Crippen LogP contribution in [0.1, 0.15) is 24.1 Å². The molecular formula is C25H25Cl2N5O. The van der Waals surface area contributed by atoms with Gasteiger partial charge in [0.2, 0.25) is 5.91 Å². The third-order valence-electron chi connectivity index (χ3n) is 6.51. The van der Waals surface area contributed by atoms with Crippen molar-refractivity contribution in [3.8, 4) is 0 Å². The van der Waals surface area contributed by atoms with Gasteiger partial charge < -0.3 is 9.80 Å². The van der Waals surface area contributed by atoms with Crippen molar-refractivity contribution in [3.05, 3.63) is 75.9 Å². The Hall–Kier alpha value is -2.83. The molecule has 0 aliphatic carbocycles. The summed E-state index contributed by atoms with van der Waals surface area (Å²) < 4.78 is 1.82. The first-order valence-corrected chi connectivity index (χ1v) is 11.8. The van der Waals surface area contributed by atoms with Gasteiger partial charge in [-0.3, -0.25) is 4.79 Å². The number of aryl methyl sites for hydroxylation is 1. The molecule has 2 aromatic carbocycles. The number of hydrogen-bond acceptors (Lipinski definition) is 4. The zero-order valence-electron chi connectivity index (χ0n) is 18.6. The van der Waals surface area contributed by atoms with Crippen LogP contribution < -0.4 is 4.90 Å². The monoisotopic (exact) mass is 481 g/mol. The van der Waals surface area contributed by atoms with Gasteiger partial charge in [0.1, 0.15) is 5.92 Å². The fraction of sp³-hybridized carbons (Fsp3) is 0.320. The first kappa shape index (κ1) is 22.0. The summed E-state index contributed by atoms with van der Waals surface area (Å²) in [6.45, 7) is 6.92. The number of carbonyl (C=O) groups excluding carboxylic acids is 1. The van der Waals surface area contributed by atoms with Gasteiger partial charge >= 0.3 is 0 Å². The summed E-state index contributed by atoms with van der Waals surface area (Å²) >= 11 is 12.5. The number of piperazine rings is 1. The molecule has 1 saturated heterocycles. The Morgan fingerprint density at radius 2 is 1.67 bits per heavy atom. The third-order valence-corrected chi connectivity index (χ3v) is 7.25. The Bertz CT molecular complexity index is 1210. The van der Waals surface area contributed by atoms with E-state index in [2.05, 4.69) is 46.2 Å². The molecule has 0 spiro atoms. The van der Waals surface area contributed by atoms with Crippen molar-refractivity contribution in [3.63, 3.8) is 0 Å². The van der Waals surface area contributed by atoms with Crippen LogP contribution in [0.3, 0.4) is 0 Å². The normalized spacial score (nSPS) is 20.4. The average molecular weight is 482 g/mol. The first-order valence-electron chi connectivity index (χ1n) is 11.1. The highest BCUT2D eigenvalue weighted by atomic mass is 35.5. The summed E-state index contributed by atoms with van der Waals surface area (Å²) in [5.74, 6) is 0.342. The SMILES string of the molecule is CC1=Nc2ccnn2C(c2ccc(Cl)c(Cl)c2)C1C(=O)N1CCN(c2ccc(C)cc2)CC1. The first-order chi connectivity index (χ1) is 15.9. The second kappa shape index (κ2) is 8.84. The molecule has 2 aliphatic heterocycles. The molecule has 1 aromatic heterocycles. The van der Waals surface area contributed by atoms with Gasteiger partial charge in [-0.05, 0) is 43.7 Å². The number of hydrogen-bond donors (Lipinski definition) is 0. The highest BCUT2D eigenvalue weighted by molar-refractivity contribution is 6.42. The van der Waals surface area contributed by atoms with Crippen molar-refractivity contribution in [1.82, 2.24) is 14.7 Å². The van der Waals surface area contributed by atoms with E-state index < -0.39 is 5.92 Å². The molecule has 8 heteroatoms. The summed E-state index contributed by atoms with van der Waals surface area (Å²) in [4.78, 5) is 22.8. The molecule has 2 atom stereocenters. The number of fused-ring (bicyclic) bond motifs is 1. The van der Waals surface area contributed by atoms with Crippen LogP contribution in [0.15, 0.2) is 59.7 Å². The van der Waals surface area contributed by atoms with Gasteiger partial charge in [0.05, 0.1) is 22.3 Å². The van der Waals surface area contributed by atoms with Crippen LogP contribution in [0.2, 0.25) is 10.0 Å². The van der Waals surface area contributed by atoms with Gasteiger partial charge in [-0.15, -0.1) is 0 Å². The predicted octanol–water partition coefficient (Wildman–Crippen LogP) is 5.16. The maximum atomic E-state index is 13.8. The number of rotatable bonds is 3. The van der Waals surface area contributed by atoms with E-state index in [1.54, 1.807) is 12.3 Å². The van der Waals surface area contributed by atoms with Crippen LogP contribution >= 0.6 is 23.2 Å². The molecule has 6 nitrogen and oxygen atoms in total. The number of nitrogens with zero attached hydrogens (tertiary/aromatic N) is 5. The zero-order chi connectivity index (χ0) is 23.1. The molecular weight excluding hydrogens is 457 g/mol. The van der Waals surface area contributed by atoms with Crippen molar-refractivity contribution >= 4 is 46.3 Å². The van der Waals surface area contributed by atoms with E-state index >= 15 is 0 Å². The maximum Gasteiger partial charge on any atom is 0.234 e. The fourth-order valence-electron chi connectivity index (χ4n) is 4.71. The third kappa shape index (κ3) is 4.13. The van der Waals surface area contributed by atoms with Gasteiger partial charge in [0.25, 0.3) is 0 Å². The summed E-state index contributed by atoms with van der Waals surface area (Å²) in [5.41, 5.74) is 4.11. The largest absolute Gasteiger partial charge is 0.368 e. The minimum absolute atomic E-state index is 0.0667. The molecule has 5 rings (SSSR count). The lowest BCUT2D eigenvalue weighted by atomic mass is 9.87. The van der Waals surface area contributed by atoms with E-state index in [4.69, 9.17) is 23.2 Å². The topological polar surface area (TPSA) is 53.7 Å². The molecule has 2 aliphatic rings. The van der Waals surface area contributed by atoms with Crippen LogP contribution in [0.5, 0.6) is 0 Å². The van der Waals surface area contributed by atoms with Crippen LogP contribution in [0.4, 0.5) is 11.5 Å². The molecule has 0 bridgehead atoms. The minimum atomic E-state index is -0.458. The lowest BCUT2D eigenvalue weighted by Gasteiger charge is -2.40. The van der Waals surface area contributed by atoms with E-state index in [9.17, 15) is 4.79 Å². The molecule has 0 saturated carbocycles. The molecule has 0 N–H and O–H groups in total. The van der Waals surface area contributed by atoms with Gasteiger partial charge in [-0.1, -0.05) is 47.0 Å². The number of benzene rings is 2. The second-order valence-corrected chi connectivity index (χ2v) is 9.45. The minimum Gasteiger partial charge on any atom is -0.368 e. The average Bonchev–Trinajstić information content (AvgIpc) is 3.28. The lowest BCUT2D eigenvalue weighted by Crippen LogP contribution is -2.53. The van der Waals surface area contributed by atoms with E-state index in [1.165, 1.54) is 11.3 Å². The second-order valence-electron chi connectivity index (χ2n) is 8.63.